The highest BCUT2D eigenvalue weighted by atomic mass is 32.1. The Kier molecular flexibility index (Phi) is 9.77. The van der Waals surface area contributed by atoms with E-state index < -0.39 is 53.5 Å². The standard InChI is InChI=1S/C22H28F3N3O5S/c1-12(2)8-16(19(30)27-17(20(31)34)10-14-6-7-26-18(14)29)28-21(32)33-11-13-4-3-5-15(9-13)22(23,24)25/h3-5,9,12,14,16-17H,6-8,10-11H2,1-2H3,(H,26,29)(H,27,30)(H,28,32)(H,31,34)/t14-,16-,17-/m0/s1. The number of alkyl carbamates (subject to hydrolysis) is 1. The number of halogens is 3. The van der Waals surface area contributed by atoms with Crippen LogP contribution in [0, 0.1) is 11.8 Å². The van der Waals surface area contributed by atoms with Crippen LogP contribution in [-0.4, -0.2) is 41.7 Å². The molecule has 8 nitrogen and oxygen atoms in total. The van der Waals surface area contributed by atoms with Gasteiger partial charge in [-0.2, -0.15) is 13.2 Å². The number of benzene rings is 1. The quantitative estimate of drug-likeness (QED) is 0.367. The van der Waals surface area contributed by atoms with Gasteiger partial charge in [0.1, 0.15) is 12.6 Å². The van der Waals surface area contributed by atoms with Gasteiger partial charge in [-0.05, 0) is 42.9 Å². The summed E-state index contributed by atoms with van der Waals surface area (Å²) in [5.74, 6) is -1.32. The first-order chi connectivity index (χ1) is 15.9. The molecule has 1 saturated heterocycles. The van der Waals surface area contributed by atoms with Gasteiger partial charge in [0, 0.05) is 12.5 Å². The summed E-state index contributed by atoms with van der Waals surface area (Å²) >= 11 is 3.80. The van der Waals surface area contributed by atoms with Gasteiger partial charge in [0.25, 0.3) is 0 Å². The minimum atomic E-state index is -4.53. The van der Waals surface area contributed by atoms with Crippen molar-refractivity contribution in [3.05, 3.63) is 35.4 Å². The van der Waals surface area contributed by atoms with Crippen LogP contribution in [-0.2, 0) is 31.9 Å². The lowest BCUT2D eigenvalue weighted by Gasteiger charge is -2.24. The van der Waals surface area contributed by atoms with Crippen molar-refractivity contribution in [3.63, 3.8) is 0 Å². The van der Waals surface area contributed by atoms with Gasteiger partial charge < -0.3 is 20.7 Å². The van der Waals surface area contributed by atoms with Crippen molar-refractivity contribution < 1.29 is 37.1 Å². The van der Waals surface area contributed by atoms with Crippen LogP contribution in [0.2, 0.25) is 0 Å². The molecule has 1 aromatic carbocycles. The van der Waals surface area contributed by atoms with E-state index in [1.807, 2.05) is 13.8 Å². The lowest BCUT2D eigenvalue weighted by Crippen LogP contribution is -2.52. The van der Waals surface area contributed by atoms with Crippen molar-refractivity contribution in [1.29, 1.82) is 0 Å². The molecule has 1 aromatic rings. The van der Waals surface area contributed by atoms with Gasteiger partial charge in [-0.1, -0.05) is 26.0 Å². The van der Waals surface area contributed by atoms with E-state index in [0.29, 0.717) is 13.0 Å². The van der Waals surface area contributed by atoms with Gasteiger partial charge in [-0.15, -0.1) is 12.6 Å². The normalized spacial score (nSPS) is 17.6. The molecular weight excluding hydrogens is 475 g/mol. The van der Waals surface area contributed by atoms with E-state index in [1.54, 1.807) is 0 Å². The molecule has 0 saturated carbocycles. The number of carbonyl (C=O) groups excluding carboxylic acids is 4. The molecule has 34 heavy (non-hydrogen) atoms. The molecule has 3 N–H and O–H groups in total. The molecule has 12 heteroatoms. The molecule has 1 aliphatic rings. The molecular formula is C22H28F3N3O5S. The number of ether oxygens (including phenoxy) is 1. The van der Waals surface area contributed by atoms with Crippen molar-refractivity contribution in [2.75, 3.05) is 6.54 Å². The van der Waals surface area contributed by atoms with E-state index in [-0.39, 0.29) is 30.2 Å². The van der Waals surface area contributed by atoms with E-state index >= 15 is 0 Å². The molecule has 0 radical (unpaired) electrons. The third-order valence-electron chi connectivity index (χ3n) is 5.24. The van der Waals surface area contributed by atoms with Gasteiger partial charge >= 0.3 is 12.3 Å². The SMILES string of the molecule is CC(C)C[C@H](NC(=O)OCc1cccc(C(F)(F)F)c1)C(=O)N[C@@H](C[C@@H]1CCNC1=O)C(=O)S. The Balaban J connectivity index is 1.99. The maximum atomic E-state index is 12.8. The molecule has 0 aromatic heterocycles. The second-order valence-corrected chi connectivity index (χ2v) is 8.95. The molecule has 3 atom stereocenters. The fourth-order valence-electron chi connectivity index (χ4n) is 3.52. The molecule has 1 fully saturated rings. The summed E-state index contributed by atoms with van der Waals surface area (Å²) in [6, 6.07) is 2.26. The van der Waals surface area contributed by atoms with Crippen LogP contribution in [0.1, 0.15) is 44.2 Å². The highest BCUT2D eigenvalue weighted by Crippen LogP contribution is 2.29. The fraction of sp³-hybridized carbons (Fsp3) is 0.545. The molecule has 3 amide bonds. The van der Waals surface area contributed by atoms with E-state index in [2.05, 4.69) is 28.6 Å². The van der Waals surface area contributed by atoms with E-state index in [0.717, 1.165) is 12.1 Å². The Morgan fingerprint density at radius 2 is 1.91 bits per heavy atom. The lowest BCUT2D eigenvalue weighted by molar-refractivity contribution is -0.137. The first kappa shape index (κ1) is 27.5. The first-order valence-electron chi connectivity index (χ1n) is 10.8. The van der Waals surface area contributed by atoms with Crippen LogP contribution >= 0.6 is 12.6 Å². The number of alkyl halides is 3. The number of nitrogens with one attached hydrogen (secondary N) is 3. The van der Waals surface area contributed by atoms with Gasteiger partial charge in [-0.3, -0.25) is 14.4 Å². The first-order valence-corrected chi connectivity index (χ1v) is 11.2. The van der Waals surface area contributed by atoms with Crippen molar-refractivity contribution >= 4 is 35.7 Å². The monoisotopic (exact) mass is 503 g/mol. The summed E-state index contributed by atoms with van der Waals surface area (Å²) in [5, 5.41) is 6.97. The summed E-state index contributed by atoms with van der Waals surface area (Å²) in [6.45, 7) is 3.70. The third-order valence-corrected chi connectivity index (χ3v) is 5.55. The van der Waals surface area contributed by atoms with Gasteiger partial charge in [0.2, 0.25) is 16.9 Å². The third kappa shape index (κ3) is 8.54. The Bertz CT molecular complexity index is 910. The van der Waals surface area contributed by atoms with Crippen molar-refractivity contribution in [2.24, 2.45) is 11.8 Å². The summed E-state index contributed by atoms with van der Waals surface area (Å²) in [7, 11) is 0. The Morgan fingerprint density at radius 3 is 2.47 bits per heavy atom. The fourth-order valence-corrected chi connectivity index (χ4v) is 3.69. The lowest BCUT2D eigenvalue weighted by atomic mass is 9.98. The highest BCUT2D eigenvalue weighted by Gasteiger charge is 2.33. The van der Waals surface area contributed by atoms with Crippen molar-refractivity contribution in [1.82, 2.24) is 16.0 Å². The van der Waals surface area contributed by atoms with Crippen LogP contribution in [0.4, 0.5) is 18.0 Å². The number of hydrogen-bond acceptors (Lipinski definition) is 5. The molecule has 0 bridgehead atoms. The van der Waals surface area contributed by atoms with E-state index in [1.165, 1.54) is 12.1 Å². The zero-order valence-corrected chi connectivity index (χ0v) is 19.7. The predicted molar refractivity (Wildman–Crippen MR) is 120 cm³/mol. The summed E-state index contributed by atoms with van der Waals surface area (Å²) < 4.78 is 43.5. The highest BCUT2D eigenvalue weighted by molar-refractivity contribution is 7.96. The number of amides is 3. The van der Waals surface area contributed by atoms with Gasteiger partial charge in [0.15, 0.2) is 0 Å². The second-order valence-electron chi connectivity index (χ2n) is 8.51. The van der Waals surface area contributed by atoms with Crippen LogP contribution < -0.4 is 16.0 Å². The van der Waals surface area contributed by atoms with Gasteiger partial charge in [0.05, 0.1) is 11.6 Å². The van der Waals surface area contributed by atoms with Crippen LogP contribution in [0.15, 0.2) is 24.3 Å². The molecule has 188 valence electrons. The number of carbonyl (C=O) groups is 4. The molecule has 0 unspecified atom stereocenters. The Morgan fingerprint density at radius 1 is 1.21 bits per heavy atom. The maximum absolute atomic E-state index is 12.8. The average Bonchev–Trinajstić information content (AvgIpc) is 3.14. The van der Waals surface area contributed by atoms with Crippen LogP contribution in [0.3, 0.4) is 0 Å². The largest absolute Gasteiger partial charge is 0.445 e. The summed E-state index contributed by atoms with van der Waals surface area (Å²) in [5.41, 5.74) is -0.741. The topological polar surface area (TPSA) is 114 Å². The van der Waals surface area contributed by atoms with E-state index in [4.69, 9.17) is 4.74 Å². The number of hydrogen-bond donors (Lipinski definition) is 4. The predicted octanol–water partition coefficient (Wildman–Crippen LogP) is 2.81. The Labute approximate surface area is 200 Å². The van der Waals surface area contributed by atoms with E-state index in [9.17, 15) is 32.3 Å². The zero-order valence-electron chi connectivity index (χ0n) is 18.8. The molecule has 0 spiro atoms. The van der Waals surface area contributed by atoms with Crippen molar-refractivity contribution in [3.8, 4) is 0 Å². The Hall–Kier alpha value is -2.76. The van der Waals surface area contributed by atoms with Gasteiger partial charge in [-0.25, -0.2) is 4.79 Å². The zero-order chi connectivity index (χ0) is 25.5. The second kappa shape index (κ2) is 12.1. The number of rotatable bonds is 10. The van der Waals surface area contributed by atoms with Crippen LogP contribution in [0.5, 0.6) is 0 Å². The average molecular weight is 504 g/mol. The summed E-state index contributed by atoms with van der Waals surface area (Å²) in [6.07, 6.45) is -4.71. The summed E-state index contributed by atoms with van der Waals surface area (Å²) in [4.78, 5) is 48.8. The number of thiol groups is 1. The molecule has 0 aliphatic carbocycles. The smallest absolute Gasteiger partial charge is 0.416 e. The van der Waals surface area contributed by atoms with Crippen LogP contribution in [0.25, 0.3) is 0 Å². The molecule has 1 heterocycles. The molecule has 2 rings (SSSR count). The molecule has 1 aliphatic heterocycles. The minimum absolute atomic E-state index is 0.0229. The minimum Gasteiger partial charge on any atom is -0.445 e. The van der Waals surface area contributed by atoms with Crippen molar-refractivity contribution in [2.45, 2.75) is 58.0 Å². The maximum Gasteiger partial charge on any atom is 0.416 e.